The van der Waals surface area contributed by atoms with Gasteiger partial charge >= 0.3 is 0 Å². The van der Waals surface area contributed by atoms with E-state index in [0.717, 1.165) is 5.69 Å². The predicted molar refractivity (Wildman–Crippen MR) is 63.9 cm³/mol. The third-order valence-corrected chi connectivity index (χ3v) is 5.17. The van der Waals surface area contributed by atoms with Crippen molar-refractivity contribution in [2.75, 3.05) is 20.4 Å². The van der Waals surface area contributed by atoms with Crippen LogP contribution < -0.4 is 0 Å². The highest BCUT2D eigenvalue weighted by atomic mass is 32.2. The molecule has 0 radical (unpaired) electrons. The molecular formula is C9H15N3OS2. The fourth-order valence-corrected chi connectivity index (χ4v) is 2.82. The number of rotatable bonds is 3. The summed E-state index contributed by atoms with van der Waals surface area (Å²) in [5.41, 5.74) is 1.12. The van der Waals surface area contributed by atoms with Crippen molar-refractivity contribution in [3.8, 4) is 0 Å². The van der Waals surface area contributed by atoms with Crippen LogP contribution in [0.4, 0.5) is 5.13 Å². The molecule has 84 valence electrons. The van der Waals surface area contributed by atoms with Gasteiger partial charge in [-0.2, -0.15) is 4.36 Å². The minimum absolute atomic E-state index is 0.637. The summed E-state index contributed by atoms with van der Waals surface area (Å²) in [5, 5.41) is 2.67. The van der Waals surface area contributed by atoms with Gasteiger partial charge in [-0.3, -0.25) is 0 Å². The molecule has 2 rings (SSSR count). The van der Waals surface area contributed by atoms with Gasteiger partial charge < -0.3 is 0 Å². The predicted octanol–water partition coefficient (Wildman–Crippen LogP) is 2.23. The van der Waals surface area contributed by atoms with Gasteiger partial charge in [0, 0.05) is 31.6 Å². The summed E-state index contributed by atoms with van der Waals surface area (Å²) in [5.74, 6) is 0.637. The second-order valence-corrected chi connectivity index (χ2v) is 7.27. The number of hydrogen-bond donors (Lipinski definition) is 0. The lowest BCUT2D eigenvalue weighted by atomic mass is 10.3. The van der Waals surface area contributed by atoms with E-state index in [1.54, 1.807) is 24.7 Å². The van der Waals surface area contributed by atoms with Crippen LogP contribution in [0.25, 0.3) is 0 Å². The Kier molecular flexibility index (Phi) is 2.83. The molecule has 1 atom stereocenters. The second-order valence-electron chi connectivity index (χ2n) is 4.00. The van der Waals surface area contributed by atoms with E-state index in [2.05, 4.69) is 9.35 Å². The smallest absolute Gasteiger partial charge is 0.219 e. The minimum Gasteiger partial charge on any atom is -0.233 e. The minimum atomic E-state index is -2.29. The quantitative estimate of drug-likeness (QED) is 0.819. The molecule has 6 heteroatoms. The molecule has 0 aromatic carbocycles. The van der Waals surface area contributed by atoms with Gasteiger partial charge in [-0.25, -0.2) is 13.5 Å². The van der Waals surface area contributed by atoms with Crippen LogP contribution in [0.3, 0.4) is 0 Å². The lowest BCUT2D eigenvalue weighted by molar-refractivity contribution is 0.598. The van der Waals surface area contributed by atoms with Crippen molar-refractivity contribution in [2.45, 2.75) is 18.8 Å². The highest BCUT2D eigenvalue weighted by molar-refractivity contribution is 7.90. The Morgan fingerprint density at radius 2 is 2.27 bits per heavy atom. The molecular weight excluding hydrogens is 230 g/mol. The molecule has 1 fully saturated rings. The Bertz CT molecular complexity index is 467. The lowest BCUT2D eigenvalue weighted by Crippen LogP contribution is -2.19. The van der Waals surface area contributed by atoms with E-state index in [1.165, 1.54) is 24.2 Å². The molecule has 0 bridgehead atoms. The van der Waals surface area contributed by atoms with E-state index < -0.39 is 9.92 Å². The van der Waals surface area contributed by atoms with Gasteiger partial charge in [0.2, 0.25) is 5.13 Å². The first kappa shape index (κ1) is 11.0. The molecule has 0 saturated heterocycles. The Labute approximate surface area is 94.6 Å². The molecule has 0 aliphatic heterocycles. The maximum atomic E-state index is 12.0. The van der Waals surface area contributed by atoms with E-state index >= 15 is 0 Å². The van der Waals surface area contributed by atoms with Gasteiger partial charge in [-0.05, 0) is 12.8 Å². The average Bonchev–Trinajstić information content (AvgIpc) is 2.88. The molecule has 15 heavy (non-hydrogen) atoms. The number of aromatic nitrogens is 1. The van der Waals surface area contributed by atoms with Gasteiger partial charge in [0.1, 0.15) is 9.92 Å². The summed E-state index contributed by atoms with van der Waals surface area (Å²) in [6.45, 7) is 0. The van der Waals surface area contributed by atoms with Crippen LogP contribution >= 0.6 is 11.3 Å². The third kappa shape index (κ3) is 2.56. The van der Waals surface area contributed by atoms with Crippen molar-refractivity contribution in [1.82, 2.24) is 9.29 Å². The van der Waals surface area contributed by atoms with Crippen molar-refractivity contribution < 1.29 is 4.21 Å². The Balaban J connectivity index is 2.26. The van der Waals surface area contributed by atoms with Crippen molar-refractivity contribution in [1.29, 1.82) is 0 Å². The topological polar surface area (TPSA) is 45.6 Å². The molecule has 0 spiro atoms. The van der Waals surface area contributed by atoms with Gasteiger partial charge in [0.05, 0.1) is 5.69 Å². The molecule has 1 aromatic rings. The molecule has 0 N–H and O–H groups in total. The van der Waals surface area contributed by atoms with Crippen molar-refractivity contribution in [2.24, 2.45) is 4.36 Å². The molecule has 1 heterocycles. The monoisotopic (exact) mass is 245 g/mol. The molecule has 1 aliphatic rings. The van der Waals surface area contributed by atoms with E-state index in [0.29, 0.717) is 11.0 Å². The first-order chi connectivity index (χ1) is 6.99. The zero-order chi connectivity index (χ0) is 11.1. The van der Waals surface area contributed by atoms with Crippen LogP contribution in [-0.2, 0) is 9.92 Å². The lowest BCUT2D eigenvalue weighted by Gasteiger charge is -2.10. The van der Waals surface area contributed by atoms with Gasteiger partial charge in [-0.15, -0.1) is 11.3 Å². The largest absolute Gasteiger partial charge is 0.233 e. The van der Waals surface area contributed by atoms with Crippen LogP contribution in [0.1, 0.15) is 24.5 Å². The fraction of sp³-hybridized carbons (Fsp3) is 0.667. The zero-order valence-corrected chi connectivity index (χ0v) is 10.8. The first-order valence-corrected chi connectivity index (χ1v) is 7.60. The zero-order valence-electron chi connectivity index (χ0n) is 9.14. The van der Waals surface area contributed by atoms with Gasteiger partial charge in [0.25, 0.3) is 0 Å². The van der Waals surface area contributed by atoms with Gasteiger partial charge in [-0.1, -0.05) is 0 Å². The van der Waals surface area contributed by atoms with E-state index in [-0.39, 0.29) is 0 Å². The van der Waals surface area contributed by atoms with E-state index in [1.807, 2.05) is 5.38 Å². The van der Waals surface area contributed by atoms with Crippen LogP contribution in [-0.4, -0.2) is 33.8 Å². The molecule has 4 nitrogen and oxygen atoms in total. The average molecular weight is 245 g/mol. The van der Waals surface area contributed by atoms with Gasteiger partial charge in [0.15, 0.2) is 0 Å². The van der Waals surface area contributed by atoms with Crippen LogP contribution in [0, 0.1) is 0 Å². The second kappa shape index (κ2) is 3.84. The summed E-state index contributed by atoms with van der Waals surface area (Å²) in [7, 11) is 1.24. The molecule has 1 aromatic heterocycles. The maximum Gasteiger partial charge on any atom is 0.219 e. The SMILES string of the molecule is CN(C)S(C)(=O)=Nc1nc(C2CC2)cs1. The highest BCUT2D eigenvalue weighted by Crippen LogP contribution is 2.41. The molecule has 1 unspecified atom stereocenters. The summed E-state index contributed by atoms with van der Waals surface area (Å²) < 4.78 is 17.8. The standard InChI is InChI=1S/C9H15N3OS2/c1-12(2)15(3,13)11-9-10-8(6-14-9)7-4-5-7/h6-7H,4-5H2,1-3H3. The maximum absolute atomic E-state index is 12.0. The van der Waals surface area contributed by atoms with Crippen LogP contribution in [0.2, 0.25) is 0 Å². The summed E-state index contributed by atoms with van der Waals surface area (Å²) in [6.07, 6.45) is 4.10. The summed E-state index contributed by atoms with van der Waals surface area (Å²) in [4.78, 5) is 4.39. The molecule has 1 saturated carbocycles. The highest BCUT2D eigenvalue weighted by Gasteiger charge is 2.26. The Morgan fingerprint density at radius 1 is 1.60 bits per heavy atom. The fourth-order valence-electron chi connectivity index (χ4n) is 1.11. The molecule has 1 aliphatic carbocycles. The van der Waals surface area contributed by atoms with E-state index in [4.69, 9.17) is 0 Å². The molecule has 0 amide bonds. The summed E-state index contributed by atoms with van der Waals surface area (Å²) in [6, 6.07) is 0. The van der Waals surface area contributed by atoms with Crippen molar-refractivity contribution in [3.63, 3.8) is 0 Å². The van der Waals surface area contributed by atoms with Crippen LogP contribution in [0.5, 0.6) is 0 Å². The Hall–Kier alpha value is -0.460. The number of nitrogens with zero attached hydrogens (tertiary/aromatic N) is 3. The summed E-state index contributed by atoms with van der Waals surface area (Å²) >= 11 is 1.48. The third-order valence-electron chi connectivity index (χ3n) is 2.43. The van der Waals surface area contributed by atoms with Crippen LogP contribution in [0.15, 0.2) is 9.74 Å². The first-order valence-electron chi connectivity index (χ1n) is 4.84. The number of thiazole rings is 1. The van der Waals surface area contributed by atoms with Crippen molar-refractivity contribution in [3.05, 3.63) is 11.1 Å². The van der Waals surface area contributed by atoms with Crippen molar-refractivity contribution >= 4 is 26.4 Å². The van der Waals surface area contributed by atoms with E-state index in [9.17, 15) is 4.21 Å². The number of hydrogen-bond acceptors (Lipinski definition) is 4. The Morgan fingerprint density at radius 3 is 2.80 bits per heavy atom. The normalized spacial score (nSPS) is 20.3.